The number of rotatable bonds is 6. The van der Waals surface area contributed by atoms with Crippen LogP contribution in [-0.4, -0.2) is 59.1 Å². The minimum absolute atomic E-state index is 0.0152. The van der Waals surface area contributed by atoms with Gasteiger partial charge < -0.3 is 9.72 Å². The van der Waals surface area contributed by atoms with E-state index in [2.05, 4.69) is 14.8 Å². The number of aryl methyl sites for hydroxylation is 2. The van der Waals surface area contributed by atoms with Crippen molar-refractivity contribution in [2.24, 2.45) is 0 Å². The fourth-order valence-corrected chi connectivity index (χ4v) is 4.62. The highest BCUT2D eigenvalue weighted by Gasteiger charge is 2.19. The number of ether oxygens (including phenoxy) is 1. The summed E-state index contributed by atoms with van der Waals surface area (Å²) >= 11 is 1.60. The summed E-state index contributed by atoms with van der Waals surface area (Å²) in [6, 6.07) is 9.94. The third-order valence-electron chi connectivity index (χ3n) is 5.35. The lowest BCUT2D eigenvalue weighted by Gasteiger charge is -2.34. The van der Waals surface area contributed by atoms with Crippen LogP contribution in [0.25, 0.3) is 10.2 Å². The highest BCUT2D eigenvalue weighted by atomic mass is 32.1. The maximum Gasteiger partial charge on any atom is 0.259 e. The van der Waals surface area contributed by atoms with E-state index in [1.165, 1.54) is 0 Å². The van der Waals surface area contributed by atoms with Crippen LogP contribution < -0.4 is 10.3 Å². The number of H-pyrrole nitrogens is 1. The molecule has 0 saturated carbocycles. The molecule has 148 valence electrons. The molecule has 2 aromatic heterocycles. The van der Waals surface area contributed by atoms with E-state index in [1.54, 1.807) is 11.3 Å². The predicted molar refractivity (Wildman–Crippen MR) is 113 cm³/mol. The van der Waals surface area contributed by atoms with Gasteiger partial charge in [0.25, 0.3) is 5.56 Å². The molecule has 0 aliphatic carbocycles. The van der Waals surface area contributed by atoms with Gasteiger partial charge in [0.1, 0.15) is 23.0 Å². The molecule has 0 atom stereocenters. The molecule has 1 aliphatic rings. The van der Waals surface area contributed by atoms with Crippen LogP contribution in [0.1, 0.15) is 16.3 Å². The number of nitrogens with zero attached hydrogens (tertiary/aromatic N) is 3. The van der Waals surface area contributed by atoms with E-state index in [-0.39, 0.29) is 5.56 Å². The first-order valence-electron chi connectivity index (χ1n) is 9.71. The number of nitrogens with one attached hydrogen (secondary N) is 1. The molecule has 7 heteroatoms. The van der Waals surface area contributed by atoms with Crippen molar-refractivity contribution < 1.29 is 4.74 Å². The molecule has 4 rings (SSSR count). The largest absolute Gasteiger partial charge is 0.492 e. The molecule has 0 spiro atoms. The molecule has 3 heterocycles. The predicted octanol–water partition coefficient (Wildman–Crippen LogP) is 2.80. The highest BCUT2D eigenvalue weighted by Crippen LogP contribution is 2.25. The molecule has 1 saturated heterocycles. The topological polar surface area (TPSA) is 61.5 Å². The summed E-state index contributed by atoms with van der Waals surface area (Å²) in [6.07, 6.45) is 0. The van der Waals surface area contributed by atoms with Crippen LogP contribution in [0.5, 0.6) is 5.75 Å². The SMILES string of the molecule is Cc1sc2nc(CN3CCN(CCOc4ccccc4)CC3)[nH]c(=O)c2c1C. The molecule has 1 N–H and O–H groups in total. The van der Waals surface area contributed by atoms with E-state index in [0.29, 0.717) is 13.2 Å². The lowest BCUT2D eigenvalue weighted by atomic mass is 10.2. The number of piperazine rings is 1. The average Bonchev–Trinajstić information content (AvgIpc) is 2.98. The van der Waals surface area contributed by atoms with Gasteiger partial charge in [0.2, 0.25) is 0 Å². The summed E-state index contributed by atoms with van der Waals surface area (Å²) in [5, 5.41) is 0.745. The Hall–Kier alpha value is -2.22. The Kier molecular flexibility index (Phi) is 5.75. The molecule has 28 heavy (non-hydrogen) atoms. The zero-order valence-corrected chi connectivity index (χ0v) is 17.2. The molecule has 3 aromatic rings. The van der Waals surface area contributed by atoms with E-state index in [4.69, 9.17) is 9.72 Å². The monoisotopic (exact) mass is 398 g/mol. The molecule has 0 bridgehead atoms. The van der Waals surface area contributed by atoms with Gasteiger partial charge in [-0.1, -0.05) is 18.2 Å². The Morgan fingerprint density at radius 2 is 1.82 bits per heavy atom. The number of aromatic nitrogens is 2. The molecule has 1 aromatic carbocycles. The Balaban J connectivity index is 1.28. The second-order valence-electron chi connectivity index (χ2n) is 7.26. The third kappa shape index (κ3) is 4.27. The summed E-state index contributed by atoms with van der Waals surface area (Å²) < 4.78 is 5.79. The van der Waals surface area contributed by atoms with Gasteiger partial charge in [-0.25, -0.2) is 4.98 Å². The van der Waals surface area contributed by atoms with Gasteiger partial charge in [-0.2, -0.15) is 0 Å². The van der Waals surface area contributed by atoms with Crippen LogP contribution in [0.4, 0.5) is 0 Å². The maximum absolute atomic E-state index is 12.4. The maximum atomic E-state index is 12.4. The summed E-state index contributed by atoms with van der Waals surface area (Å²) in [4.78, 5) is 26.9. The first-order chi connectivity index (χ1) is 13.6. The second kappa shape index (κ2) is 8.43. The third-order valence-corrected chi connectivity index (χ3v) is 6.45. The minimum atomic E-state index is -0.0152. The zero-order valence-electron chi connectivity index (χ0n) is 16.4. The summed E-state index contributed by atoms with van der Waals surface area (Å²) in [6.45, 7) is 10.3. The lowest BCUT2D eigenvalue weighted by molar-refractivity contribution is 0.111. The van der Waals surface area contributed by atoms with Crippen molar-refractivity contribution in [2.45, 2.75) is 20.4 Å². The van der Waals surface area contributed by atoms with E-state index in [0.717, 1.165) is 65.0 Å². The Morgan fingerprint density at radius 1 is 1.11 bits per heavy atom. The van der Waals surface area contributed by atoms with Crippen molar-refractivity contribution >= 4 is 21.6 Å². The Labute approximate surface area is 168 Å². The van der Waals surface area contributed by atoms with Gasteiger partial charge >= 0.3 is 0 Å². The Bertz CT molecular complexity index is 991. The summed E-state index contributed by atoms with van der Waals surface area (Å²) in [7, 11) is 0. The fraction of sp³-hybridized carbons (Fsp3) is 0.429. The molecule has 0 amide bonds. The Morgan fingerprint density at radius 3 is 2.57 bits per heavy atom. The normalized spacial score (nSPS) is 15.9. The molecular weight excluding hydrogens is 372 g/mol. The van der Waals surface area contributed by atoms with E-state index in [1.807, 2.05) is 44.2 Å². The molecular formula is C21H26N4O2S. The number of hydrogen-bond acceptors (Lipinski definition) is 6. The van der Waals surface area contributed by atoms with Crippen LogP contribution in [-0.2, 0) is 6.54 Å². The second-order valence-corrected chi connectivity index (χ2v) is 8.46. The number of hydrogen-bond donors (Lipinski definition) is 1. The molecule has 1 fully saturated rings. The van der Waals surface area contributed by atoms with Crippen molar-refractivity contribution in [3.05, 3.63) is 57.0 Å². The van der Waals surface area contributed by atoms with Gasteiger partial charge in [-0.05, 0) is 31.5 Å². The number of benzene rings is 1. The molecule has 0 radical (unpaired) electrons. The van der Waals surface area contributed by atoms with Crippen molar-refractivity contribution in [3.63, 3.8) is 0 Å². The van der Waals surface area contributed by atoms with E-state index in [9.17, 15) is 4.79 Å². The molecule has 6 nitrogen and oxygen atoms in total. The standard InChI is InChI=1S/C21H26N4O2S/c1-15-16(2)28-21-19(15)20(26)22-18(23-21)14-25-10-8-24(9-11-25)12-13-27-17-6-4-3-5-7-17/h3-7H,8-14H2,1-2H3,(H,22,23,26). The van der Waals surface area contributed by atoms with Gasteiger partial charge in [0, 0.05) is 37.6 Å². The van der Waals surface area contributed by atoms with Gasteiger partial charge in [0.05, 0.1) is 11.9 Å². The van der Waals surface area contributed by atoms with E-state index >= 15 is 0 Å². The lowest BCUT2D eigenvalue weighted by Crippen LogP contribution is -2.47. The fourth-order valence-electron chi connectivity index (χ4n) is 3.57. The zero-order chi connectivity index (χ0) is 19.5. The van der Waals surface area contributed by atoms with Gasteiger partial charge in [-0.15, -0.1) is 11.3 Å². The minimum Gasteiger partial charge on any atom is -0.492 e. The molecule has 0 unspecified atom stereocenters. The summed E-state index contributed by atoms with van der Waals surface area (Å²) in [5.41, 5.74) is 1.03. The number of thiophene rings is 1. The van der Waals surface area contributed by atoms with E-state index < -0.39 is 0 Å². The number of aromatic amines is 1. The van der Waals surface area contributed by atoms with Crippen LogP contribution in [0.15, 0.2) is 35.1 Å². The van der Waals surface area contributed by atoms with Crippen molar-refractivity contribution in [1.82, 2.24) is 19.8 Å². The highest BCUT2D eigenvalue weighted by molar-refractivity contribution is 7.18. The van der Waals surface area contributed by atoms with Crippen LogP contribution in [0, 0.1) is 13.8 Å². The molecule has 1 aliphatic heterocycles. The van der Waals surface area contributed by atoms with Crippen molar-refractivity contribution in [1.29, 1.82) is 0 Å². The van der Waals surface area contributed by atoms with Crippen LogP contribution in [0.3, 0.4) is 0 Å². The van der Waals surface area contributed by atoms with Crippen molar-refractivity contribution in [2.75, 3.05) is 39.3 Å². The number of para-hydroxylation sites is 1. The van der Waals surface area contributed by atoms with Crippen LogP contribution in [0.2, 0.25) is 0 Å². The quantitative estimate of drug-likeness (QED) is 0.692. The number of fused-ring (bicyclic) bond motifs is 1. The van der Waals surface area contributed by atoms with Gasteiger partial charge in [0.15, 0.2) is 0 Å². The van der Waals surface area contributed by atoms with Crippen LogP contribution >= 0.6 is 11.3 Å². The van der Waals surface area contributed by atoms with Crippen molar-refractivity contribution in [3.8, 4) is 5.75 Å². The average molecular weight is 399 g/mol. The van der Waals surface area contributed by atoms with Gasteiger partial charge in [-0.3, -0.25) is 14.6 Å². The smallest absolute Gasteiger partial charge is 0.259 e. The first-order valence-corrected chi connectivity index (χ1v) is 10.5. The summed E-state index contributed by atoms with van der Waals surface area (Å²) in [5.74, 6) is 1.69. The first kappa shape index (κ1) is 19.1.